The normalized spacial score (nSPS) is 21.6. The summed E-state index contributed by atoms with van der Waals surface area (Å²) in [6.07, 6.45) is 3.14. The fraction of sp³-hybridized carbons (Fsp3) is 0.667. The van der Waals surface area contributed by atoms with Gasteiger partial charge in [-0.15, -0.1) is 0 Å². The van der Waals surface area contributed by atoms with E-state index in [1.54, 1.807) is 13.2 Å². The third kappa shape index (κ3) is 5.39. The third-order valence-corrected chi connectivity index (χ3v) is 8.66. The highest BCUT2D eigenvalue weighted by molar-refractivity contribution is 9.10. The van der Waals surface area contributed by atoms with Crippen LogP contribution < -0.4 is 9.62 Å². The van der Waals surface area contributed by atoms with Gasteiger partial charge in [0.05, 0.1) is 11.5 Å². The van der Waals surface area contributed by atoms with Crippen LogP contribution in [0.3, 0.4) is 0 Å². The molecule has 9 heteroatoms. The van der Waals surface area contributed by atoms with Crippen LogP contribution >= 0.6 is 27.7 Å². The van der Waals surface area contributed by atoms with E-state index in [0.29, 0.717) is 33.7 Å². The van der Waals surface area contributed by atoms with Crippen molar-refractivity contribution in [3.05, 3.63) is 22.7 Å². The van der Waals surface area contributed by atoms with Gasteiger partial charge in [-0.1, -0.05) is 0 Å². The highest BCUT2D eigenvalue weighted by atomic mass is 79.9. The van der Waals surface area contributed by atoms with Crippen molar-refractivity contribution in [2.45, 2.75) is 16.6 Å². The second-order valence-corrected chi connectivity index (χ2v) is 10.9. The van der Waals surface area contributed by atoms with Crippen molar-refractivity contribution in [3.63, 3.8) is 0 Å². The largest absolute Gasteiger partial charge is 0.383 e. The number of hydrogen-bond donors (Lipinski definition) is 1. The summed E-state index contributed by atoms with van der Waals surface area (Å²) in [5.74, 6) is 0.347. The molecule has 0 amide bonds. The van der Waals surface area contributed by atoms with E-state index in [0.717, 1.165) is 44.8 Å². The lowest BCUT2D eigenvalue weighted by Gasteiger charge is -2.40. The number of anilines is 1. The first-order valence-corrected chi connectivity index (χ1v) is 12.8. The van der Waals surface area contributed by atoms with Gasteiger partial charge in [0.2, 0.25) is 10.0 Å². The molecule has 0 bridgehead atoms. The van der Waals surface area contributed by atoms with Crippen LogP contribution in [0.2, 0.25) is 0 Å². The second-order valence-electron chi connectivity index (χ2n) is 7.18. The molecule has 1 atom stereocenters. The SMILES string of the molecule is COCCN1CCC(CNS(=O)(=O)c2ccc(N3CC(SC)C3)cc2Br)C1. The molecule has 3 rings (SSSR count). The molecule has 2 saturated heterocycles. The zero-order chi connectivity index (χ0) is 19.4. The van der Waals surface area contributed by atoms with Crippen molar-refractivity contribution in [2.75, 3.05) is 64.1 Å². The van der Waals surface area contributed by atoms with Crippen molar-refractivity contribution in [2.24, 2.45) is 5.92 Å². The Bertz CT molecular complexity index is 741. The maximum absolute atomic E-state index is 12.7. The van der Waals surface area contributed by atoms with Gasteiger partial charge in [-0.2, -0.15) is 11.8 Å². The lowest BCUT2D eigenvalue weighted by molar-refractivity contribution is 0.159. The van der Waals surface area contributed by atoms with Gasteiger partial charge in [-0.3, -0.25) is 0 Å². The molecule has 27 heavy (non-hydrogen) atoms. The Morgan fingerprint density at radius 2 is 2.11 bits per heavy atom. The van der Waals surface area contributed by atoms with E-state index in [-0.39, 0.29) is 0 Å². The predicted octanol–water partition coefficient (Wildman–Crippen LogP) is 2.25. The Kier molecular flexibility index (Phi) is 7.49. The van der Waals surface area contributed by atoms with Crippen LogP contribution in [-0.2, 0) is 14.8 Å². The summed E-state index contributed by atoms with van der Waals surface area (Å²) in [6, 6.07) is 5.51. The predicted molar refractivity (Wildman–Crippen MR) is 115 cm³/mol. The molecule has 1 aromatic carbocycles. The standard InChI is InChI=1S/C18H28BrN3O3S2/c1-25-8-7-21-6-5-14(11-21)10-20-27(23,24)18-4-3-15(9-17(18)19)22-12-16(13-22)26-2/h3-4,9,14,16,20H,5-8,10-13H2,1-2H3. The number of halogens is 1. The maximum Gasteiger partial charge on any atom is 0.241 e. The molecular formula is C18H28BrN3O3S2. The minimum Gasteiger partial charge on any atom is -0.383 e. The van der Waals surface area contributed by atoms with E-state index in [9.17, 15) is 8.42 Å². The van der Waals surface area contributed by atoms with Gasteiger partial charge in [0, 0.05) is 55.2 Å². The van der Waals surface area contributed by atoms with Crippen molar-refractivity contribution < 1.29 is 13.2 Å². The van der Waals surface area contributed by atoms with Crippen molar-refractivity contribution in [1.82, 2.24) is 9.62 Å². The average molecular weight is 478 g/mol. The summed E-state index contributed by atoms with van der Waals surface area (Å²) in [7, 11) is -1.82. The number of nitrogens with one attached hydrogen (secondary N) is 1. The molecule has 0 spiro atoms. The number of rotatable bonds is 9. The average Bonchev–Trinajstić information content (AvgIpc) is 3.05. The molecular weight excluding hydrogens is 450 g/mol. The Balaban J connectivity index is 1.55. The summed E-state index contributed by atoms with van der Waals surface area (Å²) < 4.78 is 34.0. The lowest BCUT2D eigenvalue weighted by Crippen LogP contribution is -2.49. The Morgan fingerprint density at radius 3 is 2.78 bits per heavy atom. The first-order valence-electron chi connectivity index (χ1n) is 9.21. The first-order chi connectivity index (χ1) is 12.9. The zero-order valence-corrected chi connectivity index (χ0v) is 19.1. The van der Waals surface area contributed by atoms with E-state index in [1.165, 1.54) is 0 Å². The second kappa shape index (κ2) is 9.45. The molecule has 1 unspecified atom stereocenters. The lowest BCUT2D eigenvalue weighted by atomic mass is 10.1. The number of likely N-dealkylation sites (tertiary alicyclic amines) is 1. The Morgan fingerprint density at radius 1 is 1.33 bits per heavy atom. The minimum atomic E-state index is -3.52. The summed E-state index contributed by atoms with van der Waals surface area (Å²) in [5.41, 5.74) is 1.07. The van der Waals surface area contributed by atoms with Crippen LogP contribution in [0.5, 0.6) is 0 Å². The fourth-order valence-electron chi connectivity index (χ4n) is 3.51. The van der Waals surface area contributed by atoms with Crippen LogP contribution in [0.1, 0.15) is 6.42 Å². The van der Waals surface area contributed by atoms with Gasteiger partial charge in [-0.25, -0.2) is 13.1 Å². The molecule has 0 aliphatic carbocycles. The number of methoxy groups -OCH3 is 1. The summed E-state index contributed by atoms with van der Waals surface area (Å²) in [5, 5.41) is 0.670. The van der Waals surface area contributed by atoms with E-state index < -0.39 is 10.0 Å². The Hall–Kier alpha value is -0.320. The number of nitrogens with zero attached hydrogens (tertiary/aromatic N) is 2. The van der Waals surface area contributed by atoms with Gasteiger partial charge in [0.15, 0.2) is 0 Å². The molecule has 1 N–H and O–H groups in total. The highest BCUT2D eigenvalue weighted by Crippen LogP contribution is 2.32. The number of benzene rings is 1. The number of sulfonamides is 1. The van der Waals surface area contributed by atoms with Crippen LogP contribution in [0.25, 0.3) is 0 Å². The molecule has 1 aromatic rings. The van der Waals surface area contributed by atoms with Crippen molar-refractivity contribution in [3.8, 4) is 0 Å². The number of ether oxygens (including phenoxy) is 1. The van der Waals surface area contributed by atoms with E-state index in [2.05, 4.69) is 36.7 Å². The van der Waals surface area contributed by atoms with E-state index in [4.69, 9.17) is 4.74 Å². The quantitative estimate of drug-likeness (QED) is 0.588. The van der Waals surface area contributed by atoms with Gasteiger partial charge in [0.1, 0.15) is 0 Å². The fourth-order valence-corrected chi connectivity index (χ4v) is 6.35. The molecule has 6 nitrogen and oxygen atoms in total. The molecule has 152 valence electrons. The number of thioether (sulfide) groups is 1. The topological polar surface area (TPSA) is 61.9 Å². The van der Waals surface area contributed by atoms with Crippen LogP contribution in [0.15, 0.2) is 27.6 Å². The van der Waals surface area contributed by atoms with Gasteiger partial charge in [-0.05, 0) is 59.3 Å². The molecule has 2 aliphatic heterocycles. The van der Waals surface area contributed by atoms with E-state index >= 15 is 0 Å². The minimum absolute atomic E-state index is 0.308. The smallest absolute Gasteiger partial charge is 0.241 e. The van der Waals surface area contributed by atoms with Crippen LogP contribution in [-0.4, -0.2) is 77.8 Å². The molecule has 2 aliphatic rings. The van der Waals surface area contributed by atoms with Crippen LogP contribution in [0.4, 0.5) is 5.69 Å². The molecule has 2 fully saturated rings. The van der Waals surface area contributed by atoms with Gasteiger partial charge < -0.3 is 14.5 Å². The summed E-state index contributed by atoms with van der Waals surface area (Å²) in [6.45, 7) is 6.03. The molecule has 0 aromatic heterocycles. The van der Waals surface area contributed by atoms with E-state index in [1.807, 2.05) is 23.9 Å². The van der Waals surface area contributed by atoms with Gasteiger partial charge in [0.25, 0.3) is 0 Å². The first kappa shape index (κ1) is 21.4. The summed E-state index contributed by atoms with van der Waals surface area (Å²) >= 11 is 5.33. The zero-order valence-electron chi connectivity index (χ0n) is 15.9. The Labute approximate surface area is 175 Å². The molecule has 0 radical (unpaired) electrons. The third-order valence-electron chi connectivity index (χ3n) is 5.30. The monoisotopic (exact) mass is 477 g/mol. The summed E-state index contributed by atoms with van der Waals surface area (Å²) in [4.78, 5) is 4.90. The van der Waals surface area contributed by atoms with Crippen molar-refractivity contribution in [1.29, 1.82) is 0 Å². The molecule has 2 heterocycles. The number of hydrogen-bond acceptors (Lipinski definition) is 6. The highest BCUT2D eigenvalue weighted by Gasteiger charge is 2.28. The maximum atomic E-state index is 12.7. The molecule has 0 saturated carbocycles. The van der Waals surface area contributed by atoms with Crippen molar-refractivity contribution >= 4 is 43.4 Å². The van der Waals surface area contributed by atoms with Crippen LogP contribution in [0, 0.1) is 5.92 Å². The van der Waals surface area contributed by atoms with Gasteiger partial charge >= 0.3 is 0 Å².